The lowest BCUT2D eigenvalue weighted by atomic mass is 9.92. The zero-order valence-corrected chi connectivity index (χ0v) is 17.3. The van der Waals surface area contributed by atoms with Gasteiger partial charge in [0.1, 0.15) is 0 Å². The molecule has 36 heavy (non-hydrogen) atoms. The number of hydrogen-bond acceptors (Lipinski definition) is 6. The topological polar surface area (TPSA) is 88.2 Å². The molecule has 0 aliphatic rings. The molecule has 0 spiro atoms. The lowest BCUT2D eigenvalue weighted by Crippen LogP contribution is -2.53. The highest BCUT2D eigenvalue weighted by molar-refractivity contribution is 5.67. The number of pyridine rings is 1. The van der Waals surface area contributed by atoms with Crippen molar-refractivity contribution in [1.82, 2.24) is 24.8 Å². The maximum Gasteiger partial charge on any atom is 0.430 e. The highest BCUT2D eigenvalue weighted by Gasteiger charge is 2.71. The van der Waals surface area contributed by atoms with Gasteiger partial charge in [-0.05, 0) is 30.3 Å². The van der Waals surface area contributed by atoms with Crippen LogP contribution in [0.1, 0.15) is 11.1 Å². The van der Waals surface area contributed by atoms with E-state index in [1.165, 1.54) is 6.07 Å². The van der Waals surface area contributed by atoms with Crippen LogP contribution in [-0.4, -0.2) is 42.3 Å². The molecule has 0 aliphatic carbocycles. The average Bonchev–Trinajstić information content (AvgIpc) is 3.19. The van der Waals surface area contributed by atoms with E-state index in [1.807, 2.05) is 0 Å². The SMILES string of the molecule is OC(c1ccc(Nc2nnc3cc(-c4ncccc4C(F)(F)F)cnn23)cc1)(C(F)(F)F)C(F)(F)F. The molecular formula is C20H11F9N6O. The number of aliphatic hydroxyl groups is 1. The molecule has 0 amide bonds. The van der Waals surface area contributed by atoms with Gasteiger partial charge in [-0.2, -0.15) is 49.1 Å². The number of halogens is 9. The fourth-order valence-electron chi connectivity index (χ4n) is 3.28. The molecule has 16 heteroatoms. The molecule has 7 nitrogen and oxygen atoms in total. The zero-order valence-electron chi connectivity index (χ0n) is 17.3. The number of anilines is 2. The van der Waals surface area contributed by atoms with E-state index in [9.17, 15) is 44.6 Å². The van der Waals surface area contributed by atoms with Crippen LogP contribution >= 0.6 is 0 Å². The second kappa shape index (κ2) is 8.32. The third-order valence-corrected chi connectivity index (χ3v) is 5.03. The Morgan fingerprint density at radius 1 is 0.833 bits per heavy atom. The Morgan fingerprint density at radius 3 is 2.06 bits per heavy atom. The van der Waals surface area contributed by atoms with Gasteiger partial charge in [0.15, 0.2) is 5.65 Å². The van der Waals surface area contributed by atoms with Gasteiger partial charge in [-0.1, -0.05) is 12.1 Å². The van der Waals surface area contributed by atoms with E-state index < -0.39 is 41.0 Å². The molecule has 1 aromatic carbocycles. The van der Waals surface area contributed by atoms with Crippen LogP contribution in [0, 0.1) is 0 Å². The number of nitrogens with zero attached hydrogens (tertiary/aromatic N) is 5. The number of benzene rings is 1. The summed E-state index contributed by atoms with van der Waals surface area (Å²) in [6.45, 7) is 0. The van der Waals surface area contributed by atoms with Crippen molar-refractivity contribution in [3.8, 4) is 11.3 Å². The van der Waals surface area contributed by atoms with Crippen molar-refractivity contribution in [3.63, 3.8) is 0 Å². The number of fused-ring (bicyclic) bond motifs is 1. The predicted molar refractivity (Wildman–Crippen MR) is 105 cm³/mol. The standard InChI is InChI=1S/C20H11F9N6O/c21-18(22,23)13-2-1-7-30-15(13)10-8-14-33-34-16(35(14)31-9-10)32-12-5-3-11(4-6-12)17(36,19(24,25)26)20(27,28)29/h1-9,36H,(H,32,34). The summed E-state index contributed by atoms with van der Waals surface area (Å²) in [7, 11) is 0. The Bertz CT molecular complexity index is 1380. The molecule has 4 rings (SSSR count). The van der Waals surface area contributed by atoms with Crippen molar-refractivity contribution in [2.24, 2.45) is 0 Å². The quantitative estimate of drug-likeness (QED) is 0.356. The van der Waals surface area contributed by atoms with Crippen molar-refractivity contribution in [2.75, 3.05) is 5.32 Å². The van der Waals surface area contributed by atoms with E-state index in [0.29, 0.717) is 12.1 Å². The van der Waals surface area contributed by atoms with Gasteiger partial charge in [0, 0.05) is 23.0 Å². The Kier molecular flexibility index (Phi) is 5.81. The first-order valence-corrected chi connectivity index (χ1v) is 9.60. The third-order valence-electron chi connectivity index (χ3n) is 5.03. The summed E-state index contributed by atoms with van der Waals surface area (Å²) in [5, 5.41) is 23.4. The number of hydrogen-bond donors (Lipinski definition) is 2. The van der Waals surface area contributed by atoms with Gasteiger partial charge >= 0.3 is 18.5 Å². The van der Waals surface area contributed by atoms with Gasteiger partial charge < -0.3 is 10.4 Å². The molecule has 190 valence electrons. The highest BCUT2D eigenvalue weighted by atomic mass is 19.4. The molecule has 3 aromatic heterocycles. The summed E-state index contributed by atoms with van der Waals surface area (Å²) < 4.78 is 119. The lowest BCUT2D eigenvalue weighted by molar-refractivity contribution is -0.376. The van der Waals surface area contributed by atoms with Crippen LogP contribution in [0.4, 0.5) is 51.1 Å². The van der Waals surface area contributed by atoms with Crippen LogP contribution in [0.2, 0.25) is 0 Å². The molecule has 0 saturated carbocycles. The van der Waals surface area contributed by atoms with Gasteiger partial charge in [-0.15, -0.1) is 10.2 Å². The summed E-state index contributed by atoms with van der Waals surface area (Å²) in [4.78, 5) is 3.75. The van der Waals surface area contributed by atoms with Gasteiger partial charge in [-0.3, -0.25) is 4.98 Å². The zero-order chi connectivity index (χ0) is 26.5. The molecule has 0 unspecified atom stereocenters. The van der Waals surface area contributed by atoms with E-state index in [2.05, 4.69) is 25.6 Å². The average molecular weight is 522 g/mol. The molecule has 0 atom stereocenters. The van der Waals surface area contributed by atoms with Gasteiger partial charge in [-0.25, -0.2) is 0 Å². The number of aromatic nitrogens is 5. The molecule has 0 bridgehead atoms. The van der Waals surface area contributed by atoms with Crippen molar-refractivity contribution in [1.29, 1.82) is 0 Å². The number of alkyl halides is 9. The highest BCUT2D eigenvalue weighted by Crippen LogP contribution is 2.50. The van der Waals surface area contributed by atoms with E-state index in [4.69, 9.17) is 0 Å². The van der Waals surface area contributed by atoms with E-state index >= 15 is 0 Å². The number of rotatable bonds is 4. The smallest absolute Gasteiger partial charge is 0.369 e. The first kappa shape index (κ1) is 25.2. The molecule has 2 N–H and O–H groups in total. The number of nitrogens with one attached hydrogen (secondary N) is 1. The Balaban J connectivity index is 1.64. The summed E-state index contributed by atoms with van der Waals surface area (Å²) >= 11 is 0. The molecule has 3 heterocycles. The van der Waals surface area contributed by atoms with Crippen LogP contribution in [-0.2, 0) is 11.8 Å². The van der Waals surface area contributed by atoms with Crippen molar-refractivity contribution >= 4 is 17.3 Å². The van der Waals surface area contributed by atoms with Gasteiger partial charge in [0.25, 0.3) is 5.60 Å². The second-order valence-corrected chi connectivity index (χ2v) is 7.34. The third kappa shape index (κ3) is 4.27. The minimum absolute atomic E-state index is 0.0303. The minimum Gasteiger partial charge on any atom is -0.369 e. The molecule has 0 aliphatic heterocycles. The summed E-state index contributed by atoms with van der Waals surface area (Å²) in [5.41, 5.74) is -8.07. The van der Waals surface area contributed by atoms with Crippen LogP contribution in [0.3, 0.4) is 0 Å². The van der Waals surface area contributed by atoms with E-state index in [0.717, 1.165) is 41.2 Å². The van der Waals surface area contributed by atoms with Crippen molar-refractivity contribution < 1.29 is 44.6 Å². The Labute approximate surface area is 194 Å². The molecule has 0 radical (unpaired) electrons. The summed E-state index contributed by atoms with van der Waals surface area (Å²) in [6.07, 6.45) is -14.6. The Hall–Kier alpha value is -3.95. The van der Waals surface area contributed by atoms with Gasteiger partial charge in [0.2, 0.25) is 5.95 Å². The van der Waals surface area contributed by atoms with Crippen LogP contribution in [0.5, 0.6) is 0 Å². The monoisotopic (exact) mass is 522 g/mol. The van der Waals surface area contributed by atoms with Crippen molar-refractivity contribution in [3.05, 3.63) is 66.0 Å². The maximum atomic E-state index is 13.3. The van der Waals surface area contributed by atoms with Crippen LogP contribution in [0.15, 0.2) is 54.9 Å². The molecule has 0 fully saturated rings. The second-order valence-electron chi connectivity index (χ2n) is 7.34. The van der Waals surface area contributed by atoms with E-state index in [1.54, 1.807) is 0 Å². The predicted octanol–water partition coefficient (Wildman–Crippen LogP) is 5.26. The Morgan fingerprint density at radius 2 is 1.47 bits per heavy atom. The molecule has 0 saturated heterocycles. The normalized spacial score (nSPS) is 13.3. The van der Waals surface area contributed by atoms with E-state index in [-0.39, 0.29) is 22.8 Å². The van der Waals surface area contributed by atoms with Gasteiger partial charge in [0.05, 0.1) is 17.5 Å². The lowest BCUT2D eigenvalue weighted by Gasteiger charge is -2.32. The minimum atomic E-state index is -6.04. The maximum absolute atomic E-state index is 13.3. The fourth-order valence-corrected chi connectivity index (χ4v) is 3.28. The molecular weight excluding hydrogens is 511 g/mol. The summed E-state index contributed by atoms with van der Waals surface area (Å²) in [5.74, 6) is -0.150. The molecule has 4 aromatic rings. The largest absolute Gasteiger partial charge is 0.430 e. The first-order valence-electron chi connectivity index (χ1n) is 9.60. The summed E-state index contributed by atoms with van der Waals surface area (Å²) in [6, 6.07) is 5.68. The van der Waals surface area contributed by atoms with Crippen LogP contribution in [0.25, 0.3) is 16.9 Å². The fraction of sp³-hybridized carbons (Fsp3) is 0.200. The van der Waals surface area contributed by atoms with Crippen molar-refractivity contribution in [2.45, 2.75) is 24.1 Å². The van der Waals surface area contributed by atoms with Crippen LogP contribution < -0.4 is 5.32 Å². The first-order chi connectivity index (χ1) is 16.6.